The van der Waals surface area contributed by atoms with Gasteiger partial charge < -0.3 is 20.3 Å². The van der Waals surface area contributed by atoms with E-state index in [4.69, 9.17) is 4.74 Å². The van der Waals surface area contributed by atoms with E-state index in [-0.39, 0.29) is 23.2 Å². The molecule has 4 atom stereocenters. The summed E-state index contributed by atoms with van der Waals surface area (Å²) in [7, 11) is 1.33. The van der Waals surface area contributed by atoms with Crippen LogP contribution in [0.5, 0.6) is 0 Å². The van der Waals surface area contributed by atoms with Crippen molar-refractivity contribution in [3.63, 3.8) is 0 Å². The van der Waals surface area contributed by atoms with Crippen LogP contribution in [0.1, 0.15) is 41.5 Å². The lowest BCUT2D eigenvalue weighted by molar-refractivity contribution is -0.153. The molecule has 26 heavy (non-hydrogen) atoms. The molecule has 0 aromatic carbocycles. The first-order valence-corrected chi connectivity index (χ1v) is 8.93. The van der Waals surface area contributed by atoms with Gasteiger partial charge in [-0.2, -0.15) is 0 Å². The quantitative estimate of drug-likeness (QED) is 0.586. The van der Waals surface area contributed by atoms with E-state index in [0.717, 1.165) is 0 Å². The van der Waals surface area contributed by atoms with Gasteiger partial charge in [0.1, 0.15) is 12.1 Å². The summed E-state index contributed by atoms with van der Waals surface area (Å²) in [6.45, 7) is 15.8. The molecule has 1 aliphatic carbocycles. The predicted molar refractivity (Wildman–Crippen MR) is 98.3 cm³/mol. The topological polar surface area (TPSA) is 87.7 Å². The van der Waals surface area contributed by atoms with Crippen LogP contribution in [0.25, 0.3) is 0 Å². The maximum atomic E-state index is 13.1. The summed E-state index contributed by atoms with van der Waals surface area (Å²) in [5, 5.41) is 5.46. The lowest BCUT2D eigenvalue weighted by atomic mass is 9.99. The van der Waals surface area contributed by atoms with E-state index in [1.807, 2.05) is 20.8 Å². The normalized spacial score (nSPS) is 27.2. The summed E-state index contributed by atoms with van der Waals surface area (Å²) in [5.41, 5.74) is 0.105. The Balaban J connectivity index is 2.17. The maximum Gasteiger partial charge on any atom is 0.328 e. The number of piperidine rings is 1. The number of amides is 3. The van der Waals surface area contributed by atoms with Gasteiger partial charge in [0.2, 0.25) is 5.91 Å². The van der Waals surface area contributed by atoms with Gasteiger partial charge >= 0.3 is 12.0 Å². The van der Waals surface area contributed by atoms with E-state index in [2.05, 4.69) is 31.1 Å². The molecule has 2 aliphatic rings. The zero-order valence-electron chi connectivity index (χ0n) is 16.8. The van der Waals surface area contributed by atoms with Gasteiger partial charge in [-0.05, 0) is 44.6 Å². The highest BCUT2D eigenvalue weighted by atomic mass is 16.5. The van der Waals surface area contributed by atoms with Gasteiger partial charge in [0, 0.05) is 18.0 Å². The number of carbonyl (C=O) groups is 3. The molecule has 146 valence electrons. The molecule has 0 bridgehead atoms. The molecule has 1 saturated carbocycles. The summed E-state index contributed by atoms with van der Waals surface area (Å²) < 4.78 is 4.94. The van der Waals surface area contributed by atoms with E-state index in [9.17, 15) is 14.4 Å². The van der Waals surface area contributed by atoms with Crippen LogP contribution in [0, 0.1) is 17.3 Å². The smallest absolute Gasteiger partial charge is 0.328 e. The zero-order valence-corrected chi connectivity index (χ0v) is 16.8. The number of nitrogens with one attached hydrogen (secondary N) is 2. The standard InChI is InChI=1S/C19H31N3O4/c1-10(2)13(20-17(25)21-18(3,4)5)15(23)22-9-11-12(19(11,6)7)14(22)16(24)26-8/h11-14H,1,9H2,2-8H3,(H2,20,21,25)/t11?,12?,13-,14-/m0/s1. The summed E-state index contributed by atoms with van der Waals surface area (Å²) in [6, 6.07) is -1.94. The fourth-order valence-electron chi connectivity index (χ4n) is 3.97. The summed E-state index contributed by atoms with van der Waals surface area (Å²) in [6.07, 6.45) is 0. The van der Waals surface area contributed by atoms with Crippen molar-refractivity contribution < 1.29 is 19.1 Å². The van der Waals surface area contributed by atoms with Gasteiger partial charge in [-0.1, -0.05) is 20.4 Å². The Kier molecular flexibility index (Phi) is 5.14. The number of esters is 1. The highest BCUT2D eigenvalue weighted by Gasteiger charge is 2.70. The van der Waals surface area contributed by atoms with Crippen molar-refractivity contribution in [1.82, 2.24) is 15.5 Å². The number of ether oxygens (including phenoxy) is 1. The van der Waals surface area contributed by atoms with Crippen molar-refractivity contribution in [2.75, 3.05) is 13.7 Å². The van der Waals surface area contributed by atoms with Crippen LogP contribution in [-0.2, 0) is 14.3 Å². The second kappa shape index (κ2) is 6.59. The molecule has 1 aliphatic heterocycles. The van der Waals surface area contributed by atoms with Crippen LogP contribution in [-0.4, -0.2) is 54.1 Å². The van der Waals surface area contributed by atoms with Crippen molar-refractivity contribution >= 4 is 17.9 Å². The number of carbonyl (C=O) groups excluding carboxylic acids is 3. The van der Waals surface area contributed by atoms with E-state index < -0.39 is 29.6 Å². The largest absolute Gasteiger partial charge is 0.467 e. The van der Waals surface area contributed by atoms with E-state index in [1.54, 1.807) is 11.8 Å². The minimum absolute atomic E-state index is 0.0192. The van der Waals surface area contributed by atoms with Crippen molar-refractivity contribution in [2.24, 2.45) is 17.3 Å². The first kappa shape index (κ1) is 20.3. The molecular formula is C19H31N3O4. The molecule has 0 radical (unpaired) electrons. The Morgan fingerprint density at radius 3 is 2.31 bits per heavy atom. The van der Waals surface area contributed by atoms with Crippen LogP contribution in [0.15, 0.2) is 12.2 Å². The first-order chi connectivity index (χ1) is 11.8. The second-order valence-electron chi connectivity index (χ2n) is 9.04. The maximum absolute atomic E-state index is 13.1. The molecule has 2 fully saturated rings. The third-order valence-electron chi connectivity index (χ3n) is 5.44. The van der Waals surface area contributed by atoms with Crippen molar-refractivity contribution in [3.8, 4) is 0 Å². The molecule has 2 unspecified atom stereocenters. The van der Waals surface area contributed by atoms with E-state index >= 15 is 0 Å². The predicted octanol–water partition coefficient (Wildman–Crippen LogP) is 1.68. The first-order valence-electron chi connectivity index (χ1n) is 8.93. The number of urea groups is 1. The molecule has 3 amide bonds. The highest BCUT2D eigenvalue weighted by Crippen LogP contribution is 2.65. The van der Waals surface area contributed by atoms with Crippen molar-refractivity contribution in [3.05, 3.63) is 12.2 Å². The number of hydrogen-bond acceptors (Lipinski definition) is 4. The summed E-state index contributed by atoms with van der Waals surface area (Å²) in [4.78, 5) is 39.2. The summed E-state index contributed by atoms with van der Waals surface area (Å²) >= 11 is 0. The van der Waals surface area contributed by atoms with Crippen molar-refractivity contribution in [1.29, 1.82) is 0 Å². The van der Waals surface area contributed by atoms with E-state index in [1.165, 1.54) is 7.11 Å². The van der Waals surface area contributed by atoms with Crippen LogP contribution in [0.2, 0.25) is 0 Å². The lowest BCUT2D eigenvalue weighted by Gasteiger charge is -2.33. The molecule has 7 heteroatoms. The van der Waals surface area contributed by atoms with Crippen molar-refractivity contribution in [2.45, 2.75) is 59.2 Å². The molecule has 0 aromatic heterocycles. The van der Waals surface area contributed by atoms with Crippen LogP contribution in [0.4, 0.5) is 4.79 Å². The lowest BCUT2D eigenvalue weighted by Crippen LogP contribution is -2.57. The number of rotatable bonds is 4. The number of likely N-dealkylation sites (tertiary alicyclic amines) is 1. The second-order valence-corrected chi connectivity index (χ2v) is 9.04. The molecule has 0 aromatic rings. The third-order valence-corrected chi connectivity index (χ3v) is 5.44. The molecule has 0 spiro atoms. The molecule has 7 nitrogen and oxygen atoms in total. The Bertz CT molecular complexity index is 635. The average Bonchev–Trinajstić information content (AvgIpc) is 2.84. The van der Waals surface area contributed by atoms with Crippen LogP contribution < -0.4 is 10.6 Å². The Labute approximate surface area is 155 Å². The van der Waals surface area contributed by atoms with Gasteiger partial charge in [-0.15, -0.1) is 0 Å². The average molecular weight is 365 g/mol. The summed E-state index contributed by atoms with van der Waals surface area (Å²) in [5.74, 6) is -0.367. The molecule has 2 N–H and O–H groups in total. The van der Waals surface area contributed by atoms with Gasteiger partial charge in [-0.25, -0.2) is 9.59 Å². The van der Waals surface area contributed by atoms with Gasteiger partial charge in [0.25, 0.3) is 0 Å². The fraction of sp³-hybridized carbons (Fsp3) is 0.737. The van der Waals surface area contributed by atoms with Crippen LogP contribution in [0.3, 0.4) is 0 Å². The van der Waals surface area contributed by atoms with Gasteiger partial charge in [-0.3, -0.25) is 4.79 Å². The monoisotopic (exact) mass is 365 g/mol. The minimum atomic E-state index is -0.884. The number of nitrogens with zero attached hydrogens (tertiary/aromatic N) is 1. The molecule has 2 rings (SSSR count). The Hall–Kier alpha value is -2.05. The Morgan fingerprint density at radius 1 is 1.27 bits per heavy atom. The van der Waals surface area contributed by atoms with Gasteiger partial charge in [0.05, 0.1) is 7.11 Å². The highest BCUT2D eigenvalue weighted by molar-refractivity contribution is 5.93. The third kappa shape index (κ3) is 3.71. The molecular weight excluding hydrogens is 334 g/mol. The number of methoxy groups -OCH3 is 1. The number of fused-ring (bicyclic) bond motifs is 1. The van der Waals surface area contributed by atoms with Crippen LogP contribution >= 0.6 is 0 Å². The fourth-order valence-corrected chi connectivity index (χ4v) is 3.97. The minimum Gasteiger partial charge on any atom is -0.467 e. The molecule has 1 heterocycles. The number of hydrogen-bond donors (Lipinski definition) is 2. The SMILES string of the molecule is C=C(C)[C@H](NC(=O)NC(C)(C)C)C(=O)N1CC2C([C@H]1C(=O)OC)C2(C)C. The zero-order chi connectivity index (χ0) is 20.0. The van der Waals surface area contributed by atoms with Gasteiger partial charge in [0.15, 0.2) is 0 Å². The Morgan fingerprint density at radius 2 is 1.85 bits per heavy atom. The molecule has 1 saturated heterocycles. The van der Waals surface area contributed by atoms with E-state index in [0.29, 0.717) is 12.1 Å².